The minimum atomic E-state index is 0.456. The van der Waals surface area contributed by atoms with E-state index in [1.807, 2.05) is 0 Å². The molecule has 1 atom stereocenters. The molecule has 0 aliphatic rings. The van der Waals surface area contributed by atoms with Gasteiger partial charge in [0.15, 0.2) is 0 Å². The quantitative estimate of drug-likeness (QED) is 0.588. The molecule has 0 amide bonds. The Hall–Kier alpha value is -2.74. The first-order valence-electron chi connectivity index (χ1n) is 9.32. The monoisotopic (exact) mass is 342 g/mol. The highest BCUT2D eigenvalue weighted by Crippen LogP contribution is 2.29. The highest BCUT2D eigenvalue weighted by Gasteiger charge is 2.15. The smallest absolute Gasteiger partial charge is 0.0620 e. The maximum Gasteiger partial charge on any atom is 0.0620 e. The molecule has 0 bridgehead atoms. The van der Waals surface area contributed by atoms with Gasteiger partial charge in [-0.25, -0.2) is 0 Å². The standard InChI is InChI=1S/C24H26N2/c1-14(2)15(3)16(4)22(25)13-21-17(5)26-23-12-7-6-9-18(23)19-10-8-11-20(21)24(19)26/h6-15H,5,25H2,1-4H3/b21-13+,22-16+/t15-/m1/s1. The van der Waals surface area contributed by atoms with Crippen LogP contribution in [-0.2, 0) is 0 Å². The third-order valence-electron chi connectivity index (χ3n) is 6.00. The van der Waals surface area contributed by atoms with E-state index < -0.39 is 0 Å². The van der Waals surface area contributed by atoms with Gasteiger partial charge in [-0.3, -0.25) is 0 Å². The highest BCUT2D eigenvalue weighted by atomic mass is 14.9. The van der Waals surface area contributed by atoms with Crippen molar-refractivity contribution in [2.45, 2.75) is 27.7 Å². The summed E-state index contributed by atoms with van der Waals surface area (Å²) in [6.45, 7) is 13.3. The zero-order chi connectivity index (χ0) is 18.6. The van der Waals surface area contributed by atoms with Crippen LogP contribution in [0.3, 0.4) is 0 Å². The Morgan fingerprint density at radius 3 is 2.38 bits per heavy atom. The maximum atomic E-state index is 6.49. The number of hydrogen-bond donors (Lipinski definition) is 1. The van der Waals surface area contributed by atoms with Crippen LogP contribution in [0.4, 0.5) is 0 Å². The molecule has 0 spiro atoms. The minimum absolute atomic E-state index is 0.456. The molecule has 0 radical (unpaired) electrons. The van der Waals surface area contributed by atoms with Gasteiger partial charge in [0, 0.05) is 32.4 Å². The van der Waals surface area contributed by atoms with Gasteiger partial charge in [0.05, 0.1) is 11.0 Å². The fourth-order valence-electron chi connectivity index (χ4n) is 3.99. The van der Waals surface area contributed by atoms with Gasteiger partial charge in [-0.1, -0.05) is 63.7 Å². The molecule has 4 aromatic rings. The summed E-state index contributed by atoms with van der Waals surface area (Å²) in [5.41, 5.74) is 11.0. The summed E-state index contributed by atoms with van der Waals surface area (Å²) in [6, 6.07) is 15.0. The molecule has 2 aromatic carbocycles. The first kappa shape index (κ1) is 16.7. The molecule has 4 rings (SSSR count). The van der Waals surface area contributed by atoms with E-state index in [0.29, 0.717) is 11.8 Å². The van der Waals surface area contributed by atoms with Crippen molar-refractivity contribution in [2.24, 2.45) is 17.6 Å². The second-order valence-electron chi connectivity index (χ2n) is 7.73. The van der Waals surface area contributed by atoms with Crippen molar-refractivity contribution in [3.8, 4) is 0 Å². The van der Waals surface area contributed by atoms with Crippen LogP contribution in [0, 0.1) is 11.8 Å². The molecule has 2 nitrogen and oxygen atoms in total. The average molecular weight is 342 g/mol. The lowest BCUT2D eigenvalue weighted by atomic mass is 9.89. The van der Waals surface area contributed by atoms with E-state index >= 15 is 0 Å². The van der Waals surface area contributed by atoms with Gasteiger partial charge in [-0.05, 0) is 36.5 Å². The molecule has 0 unspecified atom stereocenters. The topological polar surface area (TPSA) is 30.4 Å². The van der Waals surface area contributed by atoms with Crippen LogP contribution >= 0.6 is 0 Å². The van der Waals surface area contributed by atoms with Crippen LogP contribution in [0.15, 0.2) is 53.7 Å². The minimum Gasteiger partial charge on any atom is -0.399 e. The molecule has 132 valence electrons. The summed E-state index contributed by atoms with van der Waals surface area (Å²) < 4.78 is 2.28. The third kappa shape index (κ3) is 2.25. The molecule has 2 heteroatoms. The van der Waals surface area contributed by atoms with Crippen LogP contribution in [0.25, 0.3) is 39.8 Å². The number of benzene rings is 2. The van der Waals surface area contributed by atoms with Crippen molar-refractivity contribution in [1.82, 2.24) is 4.40 Å². The first-order valence-corrected chi connectivity index (χ1v) is 9.32. The molecular formula is C24H26N2. The Kier molecular flexibility index (Phi) is 3.80. The van der Waals surface area contributed by atoms with Crippen LogP contribution < -0.4 is 16.3 Å². The molecule has 2 aromatic heterocycles. The Bertz CT molecular complexity index is 1250. The largest absolute Gasteiger partial charge is 0.399 e. The Morgan fingerprint density at radius 2 is 1.65 bits per heavy atom. The fourth-order valence-corrected chi connectivity index (χ4v) is 3.99. The van der Waals surface area contributed by atoms with Crippen molar-refractivity contribution < 1.29 is 0 Å². The SMILES string of the molecule is C=c1/c(=C\C(N)=C(\C)[C@H](C)C(C)C)c2cccc3c4ccccc4n1c23. The molecule has 0 aliphatic carbocycles. The van der Waals surface area contributed by atoms with E-state index in [4.69, 9.17) is 5.73 Å². The summed E-state index contributed by atoms with van der Waals surface area (Å²) in [6.07, 6.45) is 2.12. The van der Waals surface area contributed by atoms with Crippen LogP contribution in [0.5, 0.6) is 0 Å². The van der Waals surface area contributed by atoms with Crippen molar-refractivity contribution in [2.75, 3.05) is 0 Å². The Balaban J connectivity index is 2.10. The van der Waals surface area contributed by atoms with Gasteiger partial charge in [-0.2, -0.15) is 0 Å². The number of aromatic nitrogens is 1. The second-order valence-corrected chi connectivity index (χ2v) is 7.73. The summed E-state index contributed by atoms with van der Waals surface area (Å²) in [5.74, 6) is 1.02. The van der Waals surface area contributed by atoms with E-state index in [9.17, 15) is 0 Å². The zero-order valence-corrected chi connectivity index (χ0v) is 16.0. The third-order valence-corrected chi connectivity index (χ3v) is 6.00. The molecule has 0 saturated carbocycles. The molecule has 2 heterocycles. The van der Waals surface area contributed by atoms with Gasteiger partial charge in [0.1, 0.15) is 0 Å². The predicted octanol–water partition coefficient (Wildman–Crippen LogP) is 4.40. The van der Waals surface area contributed by atoms with E-state index in [-0.39, 0.29) is 0 Å². The molecule has 0 aliphatic heterocycles. The average Bonchev–Trinajstić information content (AvgIpc) is 3.12. The molecular weight excluding hydrogens is 316 g/mol. The lowest BCUT2D eigenvalue weighted by Gasteiger charge is -2.17. The number of para-hydroxylation sites is 2. The Morgan fingerprint density at radius 1 is 1.00 bits per heavy atom. The number of fused-ring (bicyclic) bond motifs is 3. The van der Waals surface area contributed by atoms with E-state index in [0.717, 1.165) is 16.3 Å². The fraction of sp³-hybridized carbons (Fsp3) is 0.250. The number of rotatable bonds is 3. The summed E-state index contributed by atoms with van der Waals surface area (Å²) >= 11 is 0. The van der Waals surface area contributed by atoms with Crippen molar-refractivity contribution in [3.05, 3.63) is 64.3 Å². The van der Waals surface area contributed by atoms with E-state index in [1.54, 1.807) is 0 Å². The van der Waals surface area contributed by atoms with Gasteiger partial charge in [0.2, 0.25) is 0 Å². The molecule has 2 N–H and O–H groups in total. The van der Waals surface area contributed by atoms with E-state index in [2.05, 4.69) is 87.2 Å². The van der Waals surface area contributed by atoms with Gasteiger partial charge in [0.25, 0.3) is 0 Å². The second kappa shape index (κ2) is 5.91. The van der Waals surface area contributed by atoms with Crippen molar-refractivity contribution in [1.29, 1.82) is 0 Å². The summed E-state index contributed by atoms with van der Waals surface area (Å²) in [7, 11) is 0. The number of nitrogens with zero attached hydrogens (tertiary/aromatic N) is 1. The van der Waals surface area contributed by atoms with E-state index in [1.165, 1.54) is 32.8 Å². The summed E-state index contributed by atoms with van der Waals surface area (Å²) in [5, 5.41) is 5.90. The normalized spacial score (nSPS) is 15.5. The lowest BCUT2D eigenvalue weighted by Crippen LogP contribution is -2.25. The number of allylic oxidation sites excluding steroid dienone is 2. The van der Waals surface area contributed by atoms with Crippen molar-refractivity contribution in [3.63, 3.8) is 0 Å². The lowest BCUT2D eigenvalue weighted by molar-refractivity contribution is 0.478. The predicted molar refractivity (Wildman–Crippen MR) is 114 cm³/mol. The van der Waals surface area contributed by atoms with Gasteiger partial charge < -0.3 is 10.1 Å². The van der Waals surface area contributed by atoms with Crippen LogP contribution in [0.1, 0.15) is 27.7 Å². The number of nitrogens with two attached hydrogens (primary N) is 1. The van der Waals surface area contributed by atoms with Crippen LogP contribution in [-0.4, -0.2) is 4.40 Å². The maximum absolute atomic E-state index is 6.49. The zero-order valence-electron chi connectivity index (χ0n) is 16.0. The molecule has 0 fully saturated rings. The Labute approximate surface area is 154 Å². The number of hydrogen-bond acceptors (Lipinski definition) is 1. The van der Waals surface area contributed by atoms with Gasteiger partial charge >= 0.3 is 0 Å². The highest BCUT2D eigenvalue weighted by molar-refractivity contribution is 6.14. The van der Waals surface area contributed by atoms with Crippen LogP contribution in [0.2, 0.25) is 0 Å². The first-order chi connectivity index (χ1) is 12.4. The molecule has 0 saturated heterocycles. The molecule has 26 heavy (non-hydrogen) atoms. The summed E-state index contributed by atoms with van der Waals surface area (Å²) in [4.78, 5) is 0. The van der Waals surface area contributed by atoms with Crippen molar-refractivity contribution >= 4 is 39.8 Å². The van der Waals surface area contributed by atoms with Gasteiger partial charge in [-0.15, -0.1) is 0 Å².